The normalized spacial score (nSPS) is 18.2. The van der Waals surface area contributed by atoms with Gasteiger partial charge in [0.15, 0.2) is 5.78 Å². The van der Waals surface area contributed by atoms with Crippen molar-refractivity contribution in [2.75, 3.05) is 31.8 Å². The van der Waals surface area contributed by atoms with Gasteiger partial charge in [0.05, 0.1) is 17.2 Å². The first-order valence-electron chi connectivity index (χ1n) is 13.0. The Labute approximate surface area is 226 Å². The minimum absolute atomic E-state index is 0.0154. The van der Waals surface area contributed by atoms with E-state index >= 15 is 0 Å². The topological polar surface area (TPSA) is 110 Å². The highest BCUT2D eigenvalue weighted by molar-refractivity contribution is 7.89. The molecule has 9 nitrogen and oxygen atoms in total. The highest BCUT2D eigenvalue weighted by Gasteiger charge is 2.44. The molecule has 1 fully saturated rings. The summed E-state index contributed by atoms with van der Waals surface area (Å²) in [4.78, 5) is 41.2. The lowest BCUT2D eigenvalue weighted by molar-refractivity contribution is -0.129. The molecule has 0 aliphatic carbocycles. The molecule has 0 aromatic heterocycles. The van der Waals surface area contributed by atoms with Crippen molar-refractivity contribution < 1.29 is 32.3 Å². The molecule has 3 aromatic carbocycles. The Hall–Kier alpha value is -3.76. The van der Waals surface area contributed by atoms with E-state index in [0.29, 0.717) is 49.5 Å². The zero-order valence-corrected chi connectivity index (χ0v) is 22.3. The van der Waals surface area contributed by atoms with Gasteiger partial charge >= 0.3 is 0 Å². The molecule has 3 aliphatic heterocycles. The van der Waals surface area contributed by atoms with Crippen LogP contribution in [-0.4, -0.2) is 63.2 Å². The van der Waals surface area contributed by atoms with Gasteiger partial charge in [-0.15, -0.1) is 0 Å². The Morgan fingerprint density at radius 1 is 1.10 bits per heavy atom. The van der Waals surface area contributed by atoms with Crippen LogP contribution in [-0.2, 0) is 37.2 Å². The number of nitrogens with zero attached hydrogens (tertiary/aromatic N) is 2. The number of sulfonamides is 1. The lowest BCUT2D eigenvalue weighted by Crippen LogP contribution is -2.43. The van der Waals surface area contributed by atoms with Crippen LogP contribution in [0, 0.1) is 0 Å². The van der Waals surface area contributed by atoms with E-state index in [-0.39, 0.29) is 35.8 Å². The van der Waals surface area contributed by atoms with Crippen molar-refractivity contribution in [3.63, 3.8) is 0 Å². The number of hydrogen-bond acceptors (Lipinski definition) is 7. The molecule has 3 aromatic rings. The number of ether oxygens (including phenoxy) is 2. The van der Waals surface area contributed by atoms with Gasteiger partial charge in [-0.05, 0) is 59.7 Å². The van der Waals surface area contributed by atoms with Crippen molar-refractivity contribution in [2.45, 2.75) is 43.0 Å². The third-order valence-corrected chi connectivity index (χ3v) is 9.55. The predicted molar refractivity (Wildman–Crippen MR) is 144 cm³/mol. The summed E-state index contributed by atoms with van der Waals surface area (Å²) in [6, 6.07) is 12.6. The molecule has 39 heavy (non-hydrogen) atoms. The Balaban J connectivity index is 1.29. The van der Waals surface area contributed by atoms with E-state index in [1.807, 2.05) is 18.2 Å². The monoisotopic (exact) mass is 548 g/mol. The number of hydrogen-bond donors (Lipinski definition) is 0. The van der Waals surface area contributed by atoms with Crippen LogP contribution in [0.4, 0.5) is 5.69 Å². The van der Waals surface area contributed by atoms with Gasteiger partial charge in [-0.3, -0.25) is 14.4 Å². The molecule has 6 rings (SSSR count). The van der Waals surface area contributed by atoms with Gasteiger partial charge in [0.1, 0.15) is 11.8 Å². The summed E-state index contributed by atoms with van der Waals surface area (Å²) in [5.41, 5.74) is 2.83. The van der Waals surface area contributed by atoms with Gasteiger partial charge in [-0.1, -0.05) is 18.2 Å². The summed E-state index contributed by atoms with van der Waals surface area (Å²) in [5.74, 6) is -0.385. The van der Waals surface area contributed by atoms with E-state index < -0.39 is 22.0 Å². The maximum atomic E-state index is 13.6. The second-order valence-electron chi connectivity index (χ2n) is 10.0. The molecule has 10 heteroatoms. The average Bonchev–Trinajstić information content (AvgIpc) is 3.63. The minimum Gasteiger partial charge on any atom is -0.493 e. The van der Waals surface area contributed by atoms with Crippen LogP contribution in [0.2, 0.25) is 0 Å². The van der Waals surface area contributed by atoms with Crippen LogP contribution in [0.1, 0.15) is 40.7 Å². The van der Waals surface area contributed by atoms with E-state index in [1.165, 1.54) is 12.1 Å². The SMILES string of the molecule is COCCCN1C(=O)c2cccc3c(CC(=O)C4CCC(=O)N4S(=O)(=O)c4ccc5c(c4)CCO5)ccc1c23. The number of methoxy groups -OCH3 is 1. The molecule has 0 bridgehead atoms. The summed E-state index contributed by atoms with van der Waals surface area (Å²) in [6.45, 7) is 1.53. The second-order valence-corrected chi connectivity index (χ2v) is 11.9. The molecule has 0 spiro atoms. The molecule has 1 unspecified atom stereocenters. The molecule has 202 valence electrons. The third-order valence-electron chi connectivity index (χ3n) is 7.72. The number of ketones is 1. The summed E-state index contributed by atoms with van der Waals surface area (Å²) >= 11 is 0. The number of Topliss-reactive ketones (excluding diaryl/α,β-unsaturated/α-hetero) is 1. The fourth-order valence-electron chi connectivity index (χ4n) is 5.85. The molecule has 3 aliphatic rings. The van der Waals surface area contributed by atoms with E-state index in [2.05, 4.69) is 0 Å². The molecular formula is C29H28N2O7S. The summed E-state index contributed by atoms with van der Waals surface area (Å²) < 4.78 is 38.5. The Morgan fingerprint density at radius 2 is 1.95 bits per heavy atom. The molecule has 2 amide bonds. The van der Waals surface area contributed by atoms with Gasteiger partial charge in [-0.25, -0.2) is 12.7 Å². The third kappa shape index (κ3) is 4.18. The highest BCUT2D eigenvalue weighted by Crippen LogP contribution is 2.40. The van der Waals surface area contributed by atoms with Crippen molar-refractivity contribution >= 4 is 44.1 Å². The minimum atomic E-state index is -4.22. The quantitative estimate of drug-likeness (QED) is 0.378. The van der Waals surface area contributed by atoms with Crippen molar-refractivity contribution in [3.05, 3.63) is 65.2 Å². The molecular weight excluding hydrogens is 520 g/mol. The Kier molecular flexibility index (Phi) is 6.39. The number of carbonyl (C=O) groups is 3. The number of fused-ring (bicyclic) bond motifs is 1. The van der Waals surface area contributed by atoms with Crippen LogP contribution < -0.4 is 9.64 Å². The fraction of sp³-hybridized carbons (Fsp3) is 0.345. The predicted octanol–water partition coefficient (Wildman–Crippen LogP) is 3.26. The first-order chi connectivity index (χ1) is 18.8. The molecule has 0 N–H and O–H groups in total. The Bertz CT molecular complexity index is 1630. The standard InChI is InChI=1S/C29H28N2O7S/c1-37-14-3-13-30-24-8-6-18(21-4-2-5-22(28(21)24)29(30)34)17-25(32)23-9-11-27(33)31(23)39(35,36)20-7-10-26-19(16-20)12-15-38-26/h2,4-8,10,16,23H,3,9,11-15,17H2,1H3. The summed E-state index contributed by atoms with van der Waals surface area (Å²) in [6.07, 6.45) is 1.35. The number of amides is 2. The number of benzene rings is 3. The van der Waals surface area contributed by atoms with Crippen LogP contribution >= 0.6 is 0 Å². The molecule has 0 saturated carbocycles. The second kappa shape index (κ2) is 9.77. The van der Waals surface area contributed by atoms with Crippen molar-refractivity contribution in [1.82, 2.24) is 4.31 Å². The van der Waals surface area contributed by atoms with E-state index in [4.69, 9.17) is 9.47 Å². The summed E-state index contributed by atoms with van der Waals surface area (Å²) in [7, 11) is -2.60. The maximum Gasteiger partial charge on any atom is 0.267 e. The van der Waals surface area contributed by atoms with Gasteiger partial charge in [0, 0.05) is 50.5 Å². The smallest absolute Gasteiger partial charge is 0.267 e. The van der Waals surface area contributed by atoms with Crippen molar-refractivity contribution in [3.8, 4) is 5.75 Å². The van der Waals surface area contributed by atoms with Gasteiger partial charge in [0.25, 0.3) is 15.9 Å². The fourth-order valence-corrected chi connectivity index (χ4v) is 7.52. The van der Waals surface area contributed by atoms with Crippen LogP contribution in [0.25, 0.3) is 10.8 Å². The molecule has 1 saturated heterocycles. The lowest BCUT2D eigenvalue weighted by atomic mass is 9.95. The molecule has 3 heterocycles. The van der Waals surface area contributed by atoms with Crippen LogP contribution in [0.15, 0.2) is 53.4 Å². The Morgan fingerprint density at radius 3 is 2.77 bits per heavy atom. The van der Waals surface area contributed by atoms with Crippen molar-refractivity contribution in [2.24, 2.45) is 0 Å². The zero-order chi connectivity index (χ0) is 27.3. The number of rotatable bonds is 9. The summed E-state index contributed by atoms with van der Waals surface area (Å²) in [5, 5.41) is 1.57. The van der Waals surface area contributed by atoms with Crippen LogP contribution in [0.3, 0.4) is 0 Å². The van der Waals surface area contributed by atoms with Crippen molar-refractivity contribution in [1.29, 1.82) is 0 Å². The zero-order valence-electron chi connectivity index (χ0n) is 21.5. The van der Waals surface area contributed by atoms with E-state index in [0.717, 1.165) is 26.3 Å². The van der Waals surface area contributed by atoms with E-state index in [9.17, 15) is 22.8 Å². The first-order valence-corrected chi connectivity index (χ1v) is 14.5. The van der Waals surface area contributed by atoms with Gasteiger partial charge in [0.2, 0.25) is 5.91 Å². The first kappa shape index (κ1) is 25.5. The highest BCUT2D eigenvalue weighted by atomic mass is 32.2. The molecule has 1 atom stereocenters. The van der Waals surface area contributed by atoms with Crippen LogP contribution in [0.5, 0.6) is 5.75 Å². The lowest BCUT2D eigenvalue weighted by Gasteiger charge is -2.24. The molecule has 0 radical (unpaired) electrons. The van der Waals surface area contributed by atoms with Gasteiger partial charge in [-0.2, -0.15) is 0 Å². The van der Waals surface area contributed by atoms with Gasteiger partial charge < -0.3 is 14.4 Å². The maximum absolute atomic E-state index is 13.6. The van der Waals surface area contributed by atoms with E-state index in [1.54, 1.807) is 30.2 Å². The average molecular weight is 549 g/mol. The number of anilines is 1. The number of carbonyl (C=O) groups excluding carboxylic acids is 3. The largest absolute Gasteiger partial charge is 0.493 e.